The Morgan fingerprint density at radius 1 is 1.50 bits per heavy atom. The smallest absolute Gasteiger partial charge is 0.253 e. The minimum Gasteiger partial charge on any atom is -0.348 e. The fourth-order valence-electron chi connectivity index (χ4n) is 2.61. The van der Waals surface area contributed by atoms with E-state index in [2.05, 4.69) is 17.7 Å². The SMILES string of the molecule is CCSC1CCCC1NC(=O)c1cccc(F)c1NN. The molecule has 1 aromatic carbocycles. The number of hydrogen-bond acceptors (Lipinski definition) is 4. The summed E-state index contributed by atoms with van der Waals surface area (Å²) in [6.07, 6.45) is 3.21. The Morgan fingerprint density at radius 3 is 3.00 bits per heavy atom. The van der Waals surface area contributed by atoms with E-state index in [1.54, 1.807) is 6.07 Å². The third kappa shape index (κ3) is 3.24. The number of halogens is 1. The molecular weight excluding hydrogens is 277 g/mol. The van der Waals surface area contributed by atoms with Crippen molar-refractivity contribution in [2.24, 2.45) is 5.84 Å². The van der Waals surface area contributed by atoms with Gasteiger partial charge in [-0.1, -0.05) is 19.4 Å². The molecule has 20 heavy (non-hydrogen) atoms. The molecule has 1 fully saturated rings. The summed E-state index contributed by atoms with van der Waals surface area (Å²) in [4.78, 5) is 12.3. The molecule has 1 aliphatic rings. The van der Waals surface area contributed by atoms with Gasteiger partial charge in [-0.25, -0.2) is 4.39 Å². The summed E-state index contributed by atoms with van der Waals surface area (Å²) in [6.45, 7) is 2.12. The third-order valence-corrected chi connectivity index (χ3v) is 4.88. The van der Waals surface area contributed by atoms with E-state index in [1.165, 1.54) is 12.1 Å². The lowest BCUT2D eigenvalue weighted by Gasteiger charge is -2.21. The monoisotopic (exact) mass is 297 g/mol. The second kappa shape index (κ2) is 6.95. The van der Waals surface area contributed by atoms with E-state index in [1.807, 2.05) is 11.8 Å². The van der Waals surface area contributed by atoms with Crippen LogP contribution in [-0.4, -0.2) is 23.0 Å². The maximum Gasteiger partial charge on any atom is 0.253 e. The Labute approximate surface area is 122 Å². The number of benzene rings is 1. The van der Waals surface area contributed by atoms with Crippen molar-refractivity contribution in [3.63, 3.8) is 0 Å². The first-order valence-electron chi connectivity index (χ1n) is 6.85. The number of hydrogen-bond donors (Lipinski definition) is 3. The number of nitrogen functional groups attached to an aromatic ring is 1. The molecule has 1 saturated carbocycles. The highest BCUT2D eigenvalue weighted by atomic mass is 32.2. The molecule has 6 heteroatoms. The second-order valence-electron chi connectivity index (χ2n) is 4.81. The van der Waals surface area contributed by atoms with Gasteiger partial charge in [0.25, 0.3) is 5.91 Å². The van der Waals surface area contributed by atoms with Gasteiger partial charge in [0, 0.05) is 11.3 Å². The number of thioether (sulfide) groups is 1. The van der Waals surface area contributed by atoms with Crippen molar-refractivity contribution in [2.75, 3.05) is 11.2 Å². The van der Waals surface area contributed by atoms with Gasteiger partial charge in [-0.15, -0.1) is 0 Å². The second-order valence-corrected chi connectivity index (χ2v) is 6.33. The lowest BCUT2D eigenvalue weighted by molar-refractivity contribution is 0.0939. The van der Waals surface area contributed by atoms with Crippen LogP contribution in [0.4, 0.5) is 10.1 Å². The predicted molar refractivity (Wildman–Crippen MR) is 81.2 cm³/mol. The Balaban J connectivity index is 2.10. The van der Waals surface area contributed by atoms with E-state index < -0.39 is 5.82 Å². The van der Waals surface area contributed by atoms with Crippen molar-refractivity contribution < 1.29 is 9.18 Å². The minimum absolute atomic E-state index is 0.0442. The zero-order chi connectivity index (χ0) is 14.5. The van der Waals surface area contributed by atoms with Crippen LogP contribution in [0.15, 0.2) is 18.2 Å². The van der Waals surface area contributed by atoms with E-state index in [-0.39, 0.29) is 23.2 Å². The topological polar surface area (TPSA) is 67.2 Å². The lowest BCUT2D eigenvalue weighted by atomic mass is 10.1. The van der Waals surface area contributed by atoms with Crippen molar-refractivity contribution in [1.29, 1.82) is 0 Å². The number of carbonyl (C=O) groups excluding carboxylic acids is 1. The molecular formula is C14H20FN3OS. The first-order valence-corrected chi connectivity index (χ1v) is 7.89. The van der Waals surface area contributed by atoms with Crippen LogP contribution in [-0.2, 0) is 0 Å². The third-order valence-electron chi connectivity index (χ3n) is 3.55. The molecule has 0 radical (unpaired) electrons. The number of rotatable bonds is 5. The van der Waals surface area contributed by atoms with Crippen LogP contribution in [0.5, 0.6) is 0 Å². The zero-order valence-electron chi connectivity index (χ0n) is 11.5. The van der Waals surface area contributed by atoms with Gasteiger partial charge in [-0.05, 0) is 30.7 Å². The average molecular weight is 297 g/mol. The summed E-state index contributed by atoms with van der Waals surface area (Å²) in [5.41, 5.74) is 2.56. The van der Waals surface area contributed by atoms with Crippen LogP contribution in [0, 0.1) is 5.82 Å². The highest BCUT2D eigenvalue weighted by molar-refractivity contribution is 7.99. The van der Waals surface area contributed by atoms with E-state index >= 15 is 0 Å². The van der Waals surface area contributed by atoms with Gasteiger partial charge >= 0.3 is 0 Å². The zero-order valence-corrected chi connectivity index (χ0v) is 12.3. The minimum atomic E-state index is -0.522. The highest BCUT2D eigenvalue weighted by Gasteiger charge is 2.29. The maximum atomic E-state index is 13.6. The largest absolute Gasteiger partial charge is 0.348 e. The van der Waals surface area contributed by atoms with Gasteiger partial charge in [0.05, 0.1) is 11.3 Å². The number of amides is 1. The lowest BCUT2D eigenvalue weighted by Crippen LogP contribution is -2.39. The van der Waals surface area contributed by atoms with E-state index in [0.717, 1.165) is 25.0 Å². The Bertz CT molecular complexity index is 483. The van der Waals surface area contributed by atoms with Crippen molar-refractivity contribution in [1.82, 2.24) is 5.32 Å². The number of nitrogens with two attached hydrogens (primary N) is 1. The molecule has 0 saturated heterocycles. The van der Waals surface area contributed by atoms with Gasteiger partial charge in [0.2, 0.25) is 0 Å². The molecule has 4 nitrogen and oxygen atoms in total. The van der Waals surface area contributed by atoms with Gasteiger partial charge in [-0.3, -0.25) is 10.6 Å². The molecule has 110 valence electrons. The quantitative estimate of drug-likeness (QED) is 0.577. The molecule has 1 aromatic rings. The van der Waals surface area contributed by atoms with E-state index in [0.29, 0.717) is 5.25 Å². The maximum absolute atomic E-state index is 13.6. The van der Waals surface area contributed by atoms with Crippen molar-refractivity contribution in [2.45, 2.75) is 37.5 Å². The summed E-state index contributed by atoms with van der Waals surface area (Å²) in [5.74, 6) is 5.54. The first kappa shape index (κ1) is 15.1. The molecule has 1 amide bonds. The molecule has 1 aliphatic carbocycles. The Kier molecular flexibility index (Phi) is 5.25. The molecule has 2 rings (SSSR count). The molecule has 2 atom stereocenters. The fraction of sp³-hybridized carbons (Fsp3) is 0.500. The van der Waals surface area contributed by atoms with E-state index in [4.69, 9.17) is 5.84 Å². The summed E-state index contributed by atoms with van der Waals surface area (Å²) >= 11 is 1.87. The molecule has 4 N–H and O–H groups in total. The van der Waals surface area contributed by atoms with Crippen LogP contribution in [0.2, 0.25) is 0 Å². The summed E-state index contributed by atoms with van der Waals surface area (Å²) in [5, 5.41) is 3.46. The fourth-order valence-corrected chi connectivity index (χ4v) is 3.81. The van der Waals surface area contributed by atoms with Gasteiger partial charge in [0.1, 0.15) is 5.82 Å². The summed E-state index contributed by atoms with van der Waals surface area (Å²) in [7, 11) is 0. The van der Waals surface area contributed by atoms with Gasteiger partial charge in [0.15, 0.2) is 0 Å². The van der Waals surface area contributed by atoms with Crippen LogP contribution in [0.3, 0.4) is 0 Å². The molecule has 0 bridgehead atoms. The highest BCUT2D eigenvalue weighted by Crippen LogP contribution is 2.30. The number of anilines is 1. The Hall–Kier alpha value is -1.27. The van der Waals surface area contributed by atoms with Crippen molar-refractivity contribution in [3.8, 4) is 0 Å². The van der Waals surface area contributed by atoms with Crippen molar-refractivity contribution >= 4 is 23.4 Å². The van der Waals surface area contributed by atoms with Crippen LogP contribution >= 0.6 is 11.8 Å². The standard InChI is InChI=1S/C14H20FN3OS/c1-2-20-12-8-4-7-11(12)17-14(19)9-5-3-6-10(15)13(9)18-16/h3,5-6,11-12,18H,2,4,7-8,16H2,1H3,(H,17,19). The molecule has 0 heterocycles. The van der Waals surface area contributed by atoms with Gasteiger partial charge < -0.3 is 10.7 Å². The van der Waals surface area contributed by atoms with Crippen LogP contribution in [0.1, 0.15) is 36.5 Å². The Morgan fingerprint density at radius 2 is 2.30 bits per heavy atom. The number of nitrogens with one attached hydrogen (secondary N) is 2. The molecule has 0 aromatic heterocycles. The number of carbonyl (C=O) groups is 1. The van der Waals surface area contributed by atoms with Gasteiger partial charge in [-0.2, -0.15) is 11.8 Å². The molecule has 0 spiro atoms. The van der Waals surface area contributed by atoms with E-state index in [9.17, 15) is 9.18 Å². The normalized spacial score (nSPS) is 21.8. The molecule has 2 unspecified atom stereocenters. The van der Waals surface area contributed by atoms with Crippen LogP contribution in [0.25, 0.3) is 0 Å². The summed E-state index contributed by atoms with van der Waals surface area (Å²) < 4.78 is 13.6. The summed E-state index contributed by atoms with van der Waals surface area (Å²) in [6, 6.07) is 4.51. The number of hydrazine groups is 1. The van der Waals surface area contributed by atoms with Crippen molar-refractivity contribution in [3.05, 3.63) is 29.6 Å². The van der Waals surface area contributed by atoms with Crippen LogP contribution < -0.4 is 16.6 Å². The number of para-hydroxylation sites is 1. The first-order chi connectivity index (χ1) is 9.67. The predicted octanol–water partition coefficient (Wildman–Crippen LogP) is 2.52. The average Bonchev–Trinajstić information content (AvgIpc) is 2.86. The molecule has 0 aliphatic heterocycles.